The van der Waals surface area contributed by atoms with Gasteiger partial charge in [0.1, 0.15) is 12.4 Å². The van der Waals surface area contributed by atoms with Gasteiger partial charge >= 0.3 is 0 Å². The molecule has 104 valence electrons. The zero-order chi connectivity index (χ0) is 14.4. The maximum atomic E-state index is 5.95. The highest BCUT2D eigenvalue weighted by Crippen LogP contribution is 2.24. The van der Waals surface area contributed by atoms with E-state index in [0.29, 0.717) is 13.2 Å². The highest BCUT2D eigenvalue weighted by Gasteiger charge is 2.04. The van der Waals surface area contributed by atoms with Crippen molar-refractivity contribution in [2.45, 2.75) is 6.54 Å². The van der Waals surface area contributed by atoms with Gasteiger partial charge in [0.05, 0.1) is 0 Å². The predicted octanol–water partition coefficient (Wildman–Crippen LogP) is 5.12. The summed E-state index contributed by atoms with van der Waals surface area (Å²) in [7, 11) is 0. The maximum Gasteiger partial charge on any atom is 0.124 e. The molecule has 0 unspecified atom stereocenters. The lowest BCUT2D eigenvalue weighted by Gasteiger charge is -2.13. The van der Waals surface area contributed by atoms with E-state index < -0.39 is 0 Å². The molecule has 0 amide bonds. The quantitative estimate of drug-likeness (QED) is 0.537. The topological polar surface area (TPSA) is 21.3 Å². The lowest BCUT2D eigenvalue weighted by atomic mass is 10.2. The smallest absolute Gasteiger partial charge is 0.124 e. The summed E-state index contributed by atoms with van der Waals surface area (Å²) in [5, 5.41) is 4.15. The van der Waals surface area contributed by atoms with Crippen LogP contribution in [-0.4, -0.2) is 6.61 Å². The highest BCUT2D eigenvalue weighted by molar-refractivity contribution is 14.1. The lowest BCUT2D eigenvalue weighted by Crippen LogP contribution is -2.04. The second kappa shape index (κ2) is 7.55. The van der Waals surface area contributed by atoms with E-state index in [9.17, 15) is 0 Å². The average molecular weight is 400 g/mol. The zero-order valence-electron chi connectivity index (χ0n) is 10.9. The number of nitrogens with one attached hydrogen (secondary N) is 1. The van der Waals surface area contributed by atoms with Crippen LogP contribution in [0.25, 0.3) is 0 Å². The van der Waals surface area contributed by atoms with Crippen molar-refractivity contribution in [2.75, 3.05) is 11.9 Å². The third kappa shape index (κ3) is 4.15. The molecule has 2 rings (SSSR count). The van der Waals surface area contributed by atoms with Crippen molar-refractivity contribution in [2.24, 2.45) is 0 Å². The number of benzene rings is 2. The van der Waals surface area contributed by atoms with Crippen LogP contribution in [0.2, 0.25) is 5.02 Å². The molecule has 0 aliphatic carbocycles. The van der Waals surface area contributed by atoms with Crippen LogP contribution in [0.15, 0.2) is 55.1 Å². The monoisotopic (exact) mass is 399 g/mol. The Morgan fingerprint density at radius 3 is 2.80 bits per heavy atom. The van der Waals surface area contributed by atoms with Gasteiger partial charge in [-0.1, -0.05) is 42.5 Å². The molecular weight excluding hydrogens is 385 g/mol. The van der Waals surface area contributed by atoms with Crippen LogP contribution < -0.4 is 10.1 Å². The van der Waals surface area contributed by atoms with E-state index >= 15 is 0 Å². The first kappa shape index (κ1) is 15.2. The molecule has 4 heteroatoms. The summed E-state index contributed by atoms with van der Waals surface area (Å²) < 4.78 is 6.74. The Labute approximate surface area is 137 Å². The van der Waals surface area contributed by atoms with Gasteiger partial charge < -0.3 is 10.1 Å². The van der Waals surface area contributed by atoms with E-state index in [1.807, 2.05) is 42.5 Å². The minimum Gasteiger partial charge on any atom is -0.489 e. The fourth-order valence-electron chi connectivity index (χ4n) is 1.76. The van der Waals surface area contributed by atoms with E-state index in [2.05, 4.69) is 34.5 Å². The molecule has 0 spiro atoms. The molecule has 0 bridgehead atoms. The number of anilines is 1. The van der Waals surface area contributed by atoms with Crippen molar-refractivity contribution in [3.05, 3.63) is 69.3 Å². The van der Waals surface area contributed by atoms with Crippen LogP contribution in [0.5, 0.6) is 5.75 Å². The summed E-state index contributed by atoms with van der Waals surface area (Å²) in [4.78, 5) is 0. The Morgan fingerprint density at radius 1 is 1.25 bits per heavy atom. The Bertz CT molecular complexity index is 601. The van der Waals surface area contributed by atoms with E-state index in [-0.39, 0.29) is 0 Å². The molecule has 0 aromatic heterocycles. The fourth-order valence-corrected chi connectivity index (χ4v) is 2.82. The molecule has 20 heavy (non-hydrogen) atoms. The van der Waals surface area contributed by atoms with Gasteiger partial charge in [-0.15, -0.1) is 0 Å². The Morgan fingerprint density at radius 2 is 2.05 bits per heavy atom. The molecule has 2 aromatic carbocycles. The van der Waals surface area contributed by atoms with Crippen molar-refractivity contribution in [1.29, 1.82) is 0 Å². The van der Waals surface area contributed by atoms with Crippen LogP contribution in [0.1, 0.15) is 5.56 Å². The SMILES string of the molecule is C=CCOc1ccccc1CNc1ccc(Cl)cc1I. The molecule has 0 radical (unpaired) electrons. The van der Waals surface area contributed by atoms with Crippen molar-refractivity contribution < 1.29 is 4.74 Å². The molecular formula is C16H15ClINO. The number of ether oxygens (including phenoxy) is 1. The molecule has 2 nitrogen and oxygen atoms in total. The Hall–Kier alpha value is -1.20. The average Bonchev–Trinajstić information content (AvgIpc) is 2.45. The molecule has 2 aromatic rings. The van der Waals surface area contributed by atoms with Crippen LogP contribution in [0.3, 0.4) is 0 Å². The Kier molecular flexibility index (Phi) is 5.73. The second-order valence-corrected chi connectivity index (χ2v) is 5.78. The van der Waals surface area contributed by atoms with Crippen molar-refractivity contribution in [3.63, 3.8) is 0 Å². The number of para-hydroxylation sites is 1. The third-order valence-electron chi connectivity index (χ3n) is 2.73. The van der Waals surface area contributed by atoms with Crippen molar-refractivity contribution in [1.82, 2.24) is 0 Å². The molecule has 1 N–H and O–H groups in total. The first-order chi connectivity index (χ1) is 9.70. The molecule has 0 heterocycles. The van der Waals surface area contributed by atoms with Crippen molar-refractivity contribution in [3.8, 4) is 5.75 Å². The molecule has 0 saturated heterocycles. The normalized spacial score (nSPS) is 10.1. The fraction of sp³-hybridized carbons (Fsp3) is 0.125. The number of hydrogen-bond acceptors (Lipinski definition) is 2. The van der Waals surface area contributed by atoms with Gasteiger partial charge in [0, 0.05) is 26.4 Å². The molecule has 0 aliphatic heterocycles. The summed E-state index contributed by atoms with van der Waals surface area (Å²) in [5.41, 5.74) is 2.17. The summed E-state index contributed by atoms with van der Waals surface area (Å²) in [6.07, 6.45) is 1.74. The minimum absolute atomic E-state index is 0.509. The summed E-state index contributed by atoms with van der Waals surface area (Å²) >= 11 is 8.22. The number of halogens is 2. The summed E-state index contributed by atoms with van der Waals surface area (Å²) in [6.45, 7) is 4.87. The van der Waals surface area contributed by atoms with Gasteiger partial charge in [-0.3, -0.25) is 0 Å². The van der Waals surface area contributed by atoms with Gasteiger partial charge in [-0.2, -0.15) is 0 Å². The number of hydrogen-bond donors (Lipinski definition) is 1. The number of rotatable bonds is 6. The zero-order valence-corrected chi connectivity index (χ0v) is 13.8. The summed E-state index contributed by atoms with van der Waals surface area (Å²) in [5.74, 6) is 0.879. The maximum absolute atomic E-state index is 5.95. The lowest BCUT2D eigenvalue weighted by molar-refractivity contribution is 0.359. The third-order valence-corrected chi connectivity index (χ3v) is 3.86. The van der Waals surface area contributed by atoms with Crippen molar-refractivity contribution >= 4 is 39.9 Å². The van der Waals surface area contributed by atoms with E-state index in [1.54, 1.807) is 6.08 Å². The Balaban J connectivity index is 2.08. The van der Waals surface area contributed by atoms with E-state index in [0.717, 1.165) is 25.6 Å². The summed E-state index contributed by atoms with van der Waals surface area (Å²) in [6, 6.07) is 13.8. The molecule has 0 saturated carbocycles. The van der Waals surface area contributed by atoms with Crippen LogP contribution in [0.4, 0.5) is 5.69 Å². The first-order valence-corrected chi connectivity index (χ1v) is 7.67. The largest absolute Gasteiger partial charge is 0.489 e. The van der Waals surface area contributed by atoms with Gasteiger partial charge in [-0.05, 0) is 46.9 Å². The molecule has 0 fully saturated rings. The van der Waals surface area contributed by atoms with Crippen LogP contribution >= 0.6 is 34.2 Å². The van der Waals surface area contributed by atoms with Crippen LogP contribution in [0, 0.1) is 3.57 Å². The standard InChI is InChI=1S/C16H15ClINO/c1-2-9-20-16-6-4-3-5-12(16)11-19-15-8-7-13(17)10-14(15)18/h2-8,10,19H,1,9,11H2. The van der Waals surface area contributed by atoms with Gasteiger partial charge in [0.2, 0.25) is 0 Å². The minimum atomic E-state index is 0.509. The second-order valence-electron chi connectivity index (χ2n) is 4.19. The van der Waals surface area contributed by atoms with Crippen LogP contribution in [-0.2, 0) is 6.54 Å². The van der Waals surface area contributed by atoms with E-state index in [4.69, 9.17) is 16.3 Å². The molecule has 0 aliphatic rings. The molecule has 0 atom stereocenters. The highest BCUT2D eigenvalue weighted by atomic mass is 127. The van der Waals surface area contributed by atoms with E-state index in [1.165, 1.54) is 0 Å². The van der Waals surface area contributed by atoms with Gasteiger partial charge in [0.25, 0.3) is 0 Å². The van der Waals surface area contributed by atoms with Gasteiger partial charge in [-0.25, -0.2) is 0 Å². The predicted molar refractivity (Wildman–Crippen MR) is 93.6 cm³/mol. The van der Waals surface area contributed by atoms with Gasteiger partial charge in [0.15, 0.2) is 0 Å². The first-order valence-electron chi connectivity index (χ1n) is 6.21.